The summed E-state index contributed by atoms with van der Waals surface area (Å²) in [6.45, 7) is 3.92. The van der Waals surface area contributed by atoms with Crippen LogP contribution >= 0.6 is 46.7 Å². The molecule has 0 bridgehead atoms. The molecule has 0 saturated heterocycles. The number of hydrogen-bond donors (Lipinski definition) is 2. The van der Waals surface area contributed by atoms with Gasteiger partial charge in [-0.25, -0.2) is 19.9 Å². The van der Waals surface area contributed by atoms with Crippen LogP contribution in [0.2, 0.25) is 10.0 Å². The van der Waals surface area contributed by atoms with Crippen LogP contribution < -0.4 is 39.5 Å². The smallest absolute Gasteiger partial charge is 0.296 e. The monoisotopic (exact) mass is 1090 g/mol. The number of rotatable bonds is 17. The topological polar surface area (TPSA) is 255 Å². The number of benzene rings is 4. The molecule has 0 aliphatic heterocycles. The minimum atomic E-state index is -0.416. The molecule has 0 amide bonds. The van der Waals surface area contributed by atoms with Gasteiger partial charge in [0.2, 0.25) is 23.3 Å². The van der Waals surface area contributed by atoms with E-state index in [9.17, 15) is 20.0 Å². The number of aromatic nitrogens is 8. The third kappa shape index (κ3) is 16.2. The van der Waals surface area contributed by atoms with Crippen LogP contribution in [0, 0.1) is 36.5 Å². The normalized spacial score (nSPS) is 10.3. The maximum atomic E-state index is 13.3. The van der Waals surface area contributed by atoms with Crippen molar-refractivity contribution in [2.24, 2.45) is 0 Å². The predicted octanol–water partition coefficient (Wildman–Crippen LogP) is 9.69. The number of aliphatic hydroxyl groups excluding tert-OH is 1. The molecule has 0 fully saturated rings. The van der Waals surface area contributed by atoms with Crippen molar-refractivity contribution in [1.82, 2.24) is 39.5 Å². The summed E-state index contributed by atoms with van der Waals surface area (Å²) in [7, 11) is 3.24. The zero-order valence-corrected chi connectivity index (χ0v) is 44.2. The molecule has 0 radical (unpaired) electrons. The summed E-state index contributed by atoms with van der Waals surface area (Å²) >= 11 is 14.7. The second-order valence-electron chi connectivity index (χ2n) is 15.3. The van der Waals surface area contributed by atoms with Gasteiger partial charge in [-0.2, -0.15) is 20.5 Å². The molecule has 0 atom stereocenters. The van der Waals surface area contributed by atoms with Crippen LogP contribution in [-0.2, 0) is 26.4 Å². The lowest BCUT2D eigenvalue weighted by Crippen LogP contribution is -2.24. The zero-order chi connectivity index (χ0) is 53.9. The van der Waals surface area contributed by atoms with E-state index in [2.05, 4.69) is 34.9 Å². The first kappa shape index (κ1) is 56.1. The van der Waals surface area contributed by atoms with Crippen molar-refractivity contribution < 1.29 is 33.5 Å². The van der Waals surface area contributed by atoms with Gasteiger partial charge < -0.3 is 38.5 Å². The Balaban J connectivity index is 0.000000202. The number of aromatic amines is 1. The fraction of sp³-hybridized carbons (Fsp3) is 0.192. The highest BCUT2D eigenvalue weighted by Gasteiger charge is 2.17. The first-order valence-corrected chi connectivity index (χ1v) is 25.3. The Kier molecular flexibility index (Phi) is 20.8. The van der Waals surface area contributed by atoms with Crippen molar-refractivity contribution in [3.05, 3.63) is 185 Å². The van der Waals surface area contributed by atoms with Gasteiger partial charge >= 0.3 is 0 Å². The minimum Gasteiger partial charge on any atom is -0.497 e. The van der Waals surface area contributed by atoms with E-state index in [1.807, 2.05) is 73.2 Å². The Morgan fingerprint density at radius 2 is 1.13 bits per heavy atom. The summed E-state index contributed by atoms with van der Waals surface area (Å²) in [5.74, 6) is 3.03. The highest BCUT2D eigenvalue weighted by molar-refractivity contribution is 7.98. The van der Waals surface area contributed by atoms with Crippen molar-refractivity contribution >= 4 is 46.7 Å². The van der Waals surface area contributed by atoms with Crippen molar-refractivity contribution in [3.8, 4) is 58.4 Å². The van der Waals surface area contributed by atoms with Crippen molar-refractivity contribution in [2.45, 2.75) is 50.5 Å². The van der Waals surface area contributed by atoms with Gasteiger partial charge in [0, 0.05) is 22.4 Å². The fourth-order valence-electron chi connectivity index (χ4n) is 6.33. The molecule has 4 aromatic carbocycles. The number of halogens is 2. The van der Waals surface area contributed by atoms with E-state index in [-0.39, 0.29) is 42.6 Å². The van der Waals surface area contributed by atoms with Crippen molar-refractivity contribution in [1.29, 1.82) is 10.5 Å². The predicted molar refractivity (Wildman–Crippen MR) is 283 cm³/mol. The zero-order valence-electron chi connectivity index (χ0n) is 41.0. The van der Waals surface area contributed by atoms with E-state index in [4.69, 9.17) is 56.9 Å². The van der Waals surface area contributed by atoms with Gasteiger partial charge in [0.15, 0.2) is 10.3 Å². The highest BCUT2D eigenvalue weighted by atomic mass is 35.5. The number of nitriles is 2. The summed E-state index contributed by atoms with van der Waals surface area (Å²) in [4.78, 5) is 52.7. The number of methoxy groups -OCH3 is 2. The van der Waals surface area contributed by atoms with E-state index in [1.165, 1.54) is 77.1 Å². The Bertz CT molecular complexity index is 3450. The fourth-order valence-corrected chi connectivity index (χ4v) is 7.45. The Morgan fingerprint density at radius 3 is 1.60 bits per heavy atom. The molecule has 0 aliphatic rings. The molecule has 19 nitrogen and oxygen atoms in total. The molecule has 0 saturated carbocycles. The summed E-state index contributed by atoms with van der Waals surface area (Å²) in [5, 5.41) is 29.1. The first-order chi connectivity index (χ1) is 36.3. The molecule has 0 aliphatic carbocycles. The molecule has 0 unspecified atom stereocenters. The lowest BCUT2D eigenvalue weighted by Gasteiger charge is -2.14. The van der Waals surface area contributed by atoms with Crippen LogP contribution in [-0.4, -0.2) is 71.3 Å². The molecule has 2 N–H and O–H groups in total. The second kappa shape index (κ2) is 27.8. The van der Waals surface area contributed by atoms with E-state index >= 15 is 0 Å². The summed E-state index contributed by atoms with van der Waals surface area (Å²) in [6, 6.07) is 28.1. The SMILES string of the molecule is COc1ccc(COc2nc(SC)ncc2CO)cc1.COc1ccc(COc2nc(SC)ncc2Cn2cnc(C)c(Oc3cc(Cl)cc(C#N)c3)c2=O)cc1.Cc1nc[nH]c(=O)c1Oc1cc(Cl)cc(C#N)c1. The van der Waals surface area contributed by atoms with Crippen LogP contribution in [0.25, 0.3) is 0 Å². The molecule has 4 heterocycles. The molecular formula is C52H46Cl2N10O9S2. The second-order valence-corrected chi connectivity index (χ2v) is 17.7. The maximum absolute atomic E-state index is 13.3. The molecule has 75 heavy (non-hydrogen) atoms. The van der Waals surface area contributed by atoms with E-state index in [0.717, 1.165) is 22.6 Å². The van der Waals surface area contributed by atoms with Crippen LogP contribution in [0.4, 0.5) is 0 Å². The van der Waals surface area contributed by atoms with E-state index < -0.39 is 5.56 Å². The van der Waals surface area contributed by atoms with Crippen LogP contribution in [0.1, 0.15) is 44.8 Å². The van der Waals surface area contributed by atoms with Gasteiger partial charge in [0.1, 0.15) is 36.2 Å². The molecule has 4 aromatic heterocycles. The Morgan fingerprint density at radius 1 is 0.653 bits per heavy atom. The number of nitrogens with one attached hydrogen (secondary N) is 1. The number of ether oxygens (including phenoxy) is 6. The average Bonchev–Trinajstić information content (AvgIpc) is 3.43. The van der Waals surface area contributed by atoms with Gasteiger partial charge in [-0.1, -0.05) is 71.0 Å². The first-order valence-electron chi connectivity index (χ1n) is 22.1. The largest absolute Gasteiger partial charge is 0.497 e. The van der Waals surface area contributed by atoms with Gasteiger partial charge in [-0.3, -0.25) is 14.2 Å². The number of H-pyrrole nitrogens is 1. The van der Waals surface area contributed by atoms with E-state index in [0.29, 0.717) is 78.1 Å². The molecule has 8 aromatic rings. The minimum absolute atomic E-state index is 0.0241. The van der Waals surface area contributed by atoms with Gasteiger partial charge in [0.05, 0.1) is 85.8 Å². The van der Waals surface area contributed by atoms with Crippen LogP contribution in [0.5, 0.6) is 46.3 Å². The number of nitrogens with zero attached hydrogens (tertiary/aromatic N) is 9. The summed E-state index contributed by atoms with van der Waals surface area (Å²) in [5.41, 5.74) is 3.82. The third-order valence-corrected chi connectivity index (χ3v) is 11.7. The lowest BCUT2D eigenvalue weighted by atomic mass is 10.2. The number of hydrogen-bond acceptors (Lipinski definition) is 19. The van der Waals surface area contributed by atoms with E-state index in [1.54, 1.807) is 40.5 Å². The summed E-state index contributed by atoms with van der Waals surface area (Å²) in [6.07, 6.45) is 9.70. The number of thioether (sulfide) groups is 2. The Labute approximate surface area is 449 Å². The maximum Gasteiger partial charge on any atom is 0.296 e. The van der Waals surface area contributed by atoms with Crippen LogP contribution in [0.3, 0.4) is 0 Å². The third-order valence-electron chi connectivity index (χ3n) is 10.2. The van der Waals surface area contributed by atoms with Gasteiger partial charge in [-0.15, -0.1) is 0 Å². The van der Waals surface area contributed by atoms with Gasteiger partial charge in [-0.05, 0) is 98.1 Å². The average molecular weight is 1090 g/mol. The molecular weight excluding hydrogens is 1040 g/mol. The lowest BCUT2D eigenvalue weighted by molar-refractivity contribution is 0.250. The molecule has 8 rings (SSSR count). The quantitative estimate of drug-likeness (QED) is 0.0635. The molecule has 23 heteroatoms. The number of aliphatic hydroxyl groups is 1. The van der Waals surface area contributed by atoms with Crippen LogP contribution in [0.15, 0.2) is 130 Å². The van der Waals surface area contributed by atoms with Crippen molar-refractivity contribution in [3.63, 3.8) is 0 Å². The van der Waals surface area contributed by atoms with Crippen molar-refractivity contribution in [2.75, 3.05) is 26.7 Å². The summed E-state index contributed by atoms with van der Waals surface area (Å²) < 4.78 is 34.6. The highest BCUT2D eigenvalue weighted by Crippen LogP contribution is 2.28. The molecule has 0 spiro atoms. The standard InChI is InChI=1S/C26H22ClN5O4S.C14H16N2O3S.C12H8ClN3O2/c1-16-23(36-22-9-18(11-28)8-20(27)10-22)25(33)32(15-30-16)13-19-12-29-26(37-3)31-24(19)35-14-17-4-6-21(34-2)7-5-17;1-18-12-5-3-10(4-6-12)9-19-13-11(8-17)7-15-14(16-13)20-2;1-7-11(12(17)16-6-15-7)18-10-3-8(5-14)2-9(13)4-10/h4-10,12,15H,13-14H2,1-3H3;3-7,17H,8-9H2,1-2H3;2-4,6H,1H3,(H,15,16,17). The Hall–Kier alpha value is -8.18. The molecule has 384 valence electrons. The van der Waals surface area contributed by atoms with Gasteiger partial charge in [0.25, 0.3) is 11.1 Å². The number of aryl methyl sites for hydroxylation is 2.